The van der Waals surface area contributed by atoms with E-state index in [0.717, 1.165) is 34.9 Å². The number of Topliss-reactive ketones (excluding diaryl/α,β-unsaturated/α-hetero) is 1. The molecule has 0 bridgehead atoms. The number of ether oxygens (including phenoxy) is 1. The van der Waals surface area contributed by atoms with Gasteiger partial charge in [0, 0.05) is 10.9 Å². The van der Waals surface area contributed by atoms with Crippen LogP contribution in [0.3, 0.4) is 0 Å². The number of aromatic nitrogens is 2. The van der Waals surface area contributed by atoms with Gasteiger partial charge in [0.1, 0.15) is 0 Å². The van der Waals surface area contributed by atoms with Crippen LogP contribution < -0.4 is 0 Å². The lowest BCUT2D eigenvalue weighted by atomic mass is 9.98. The molecule has 25 heavy (non-hydrogen) atoms. The standard InChI is InChI=1S/C20H20N2O3/c1-3-13-5-6-14(4-2)17(9-13)19(23)12-25-20(24)15-7-8-16-11-21-22-18(16)10-15/h5-11H,3-4,12H2,1-2H3,(H,21,22). The Morgan fingerprint density at radius 2 is 1.92 bits per heavy atom. The van der Waals surface area contributed by atoms with Gasteiger partial charge < -0.3 is 4.74 Å². The molecular formula is C20H20N2O3. The number of benzene rings is 2. The molecule has 1 N–H and O–H groups in total. The third kappa shape index (κ3) is 3.60. The van der Waals surface area contributed by atoms with E-state index in [2.05, 4.69) is 10.2 Å². The van der Waals surface area contributed by atoms with Crippen molar-refractivity contribution in [1.29, 1.82) is 0 Å². The lowest BCUT2D eigenvalue weighted by Crippen LogP contribution is -2.16. The van der Waals surface area contributed by atoms with Gasteiger partial charge in [0.2, 0.25) is 5.78 Å². The first-order chi connectivity index (χ1) is 12.1. The van der Waals surface area contributed by atoms with Gasteiger partial charge in [-0.25, -0.2) is 4.79 Å². The number of hydrogen-bond acceptors (Lipinski definition) is 4. The topological polar surface area (TPSA) is 72.1 Å². The van der Waals surface area contributed by atoms with Crippen LogP contribution in [-0.4, -0.2) is 28.6 Å². The molecule has 0 atom stereocenters. The summed E-state index contributed by atoms with van der Waals surface area (Å²) in [6, 6.07) is 11.0. The second-order valence-corrected chi connectivity index (χ2v) is 5.87. The van der Waals surface area contributed by atoms with Gasteiger partial charge in [-0.1, -0.05) is 32.0 Å². The highest BCUT2D eigenvalue weighted by Crippen LogP contribution is 2.16. The molecule has 0 aliphatic rings. The Labute approximate surface area is 146 Å². The average Bonchev–Trinajstić information content (AvgIpc) is 3.12. The lowest BCUT2D eigenvalue weighted by Gasteiger charge is -2.10. The van der Waals surface area contributed by atoms with Crippen molar-refractivity contribution in [2.45, 2.75) is 26.7 Å². The summed E-state index contributed by atoms with van der Waals surface area (Å²) in [6.07, 6.45) is 3.30. The number of H-pyrrole nitrogens is 1. The van der Waals surface area contributed by atoms with E-state index in [1.807, 2.05) is 32.0 Å². The Balaban J connectivity index is 1.72. The number of nitrogens with zero attached hydrogens (tertiary/aromatic N) is 1. The predicted octanol–water partition coefficient (Wildman–Crippen LogP) is 3.73. The van der Waals surface area contributed by atoms with Gasteiger partial charge in [-0.05, 0) is 42.2 Å². The number of nitrogens with one attached hydrogen (secondary N) is 1. The number of hydrogen-bond donors (Lipinski definition) is 1. The molecule has 0 spiro atoms. The fourth-order valence-electron chi connectivity index (χ4n) is 2.77. The molecule has 3 rings (SSSR count). The zero-order valence-electron chi connectivity index (χ0n) is 14.3. The Kier molecular flexibility index (Phi) is 4.93. The lowest BCUT2D eigenvalue weighted by molar-refractivity contribution is 0.0474. The van der Waals surface area contributed by atoms with E-state index in [4.69, 9.17) is 4.74 Å². The van der Waals surface area contributed by atoms with Crippen LogP contribution in [0.5, 0.6) is 0 Å². The largest absolute Gasteiger partial charge is 0.454 e. The summed E-state index contributed by atoms with van der Waals surface area (Å²) < 4.78 is 5.22. The number of carbonyl (C=O) groups is 2. The fourth-order valence-corrected chi connectivity index (χ4v) is 2.77. The van der Waals surface area contributed by atoms with Crippen molar-refractivity contribution in [3.63, 3.8) is 0 Å². The molecule has 1 aromatic heterocycles. The molecule has 0 radical (unpaired) electrons. The number of aromatic amines is 1. The van der Waals surface area contributed by atoms with Gasteiger partial charge in [-0.2, -0.15) is 5.10 Å². The van der Waals surface area contributed by atoms with E-state index in [-0.39, 0.29) is 12.4 Å². The first-order valence-electron chi connectivity index (χ1n) is 8.37. The highest BCUT2D eigenvalue weighted by atomic mass is 16.5. The maximum atomic E-state index is 12.5. The predicted molar refractivity (Wildman–Crippen MR) is 95.9 cm³/mol. The normalized spacial score (nSPS) is 10.8. The molecule has 0 aliphatic carbocycles. The summed E-state index contributed by atoms with van der Waals surface area (Å²) in [6.45, 7) is 3.78. The van der Waals surface area contributed by atoms with E-state index in [1.165, 1.54) is 0 Å². The van der Waals surface area contributed by atoms with Crippen molar-refractivity contribution in [3.8, 4) is 0 Å². The fraction of sp³-hybridized carbons (Fsp3) is 0.250. The summed E-state index contributed by atoms with van der Waals surface area (Å²) in [4.78, 5) is 24.7. The minimum atomic E-state index is -0.519. The van der Waals surface area contributed by atoms with Crippen LogP contribution in [0.25, 0.3) is 10.9 Å². The van der Waals surface area contributed by atoms with Gasteiger partial charge in [-0.3, -0.25) is 9.89 Å². The van der Waals surface area contributed by atoms with E-state index < -0.39 is 5.97 Å². The van der Waals surface area contributed by atoms with Crippen LogP contribution >= 0.6 is 0 Å². The highest BCUT2D eigenvalue weighted by molar-refractivity contribution is 6.01. The van der Waals surface area contributed by atoms with Crippen molar-refractivity contribution in [3.05, 3.63) is 64.8 Å². The number of ketones is 1. The summed E-state index contributed by atoms with van der Waals surface area (Å²) >= 11 is 0. The van der Waals surface area contributed by atoms with Crippen molar-refractivity contribution in [2.24, 2.45) is 0 Å². The van der Waals surface area contributed by atoms with E-state index in [1.54, 1.807) is 24.4 Å². The molecule has 1 heterocycles. The monoisotopic (exact) mass is 336 g/mol. The summed E-state index contributed by atoms with van der Waals surface area (Å²) in [7, 11) is 0. The van der Waals surface area contributed by atoms with Gasteiger partial charge >= 0.3 is 5.97 Å². The van der Waals surface area contributed by atoms with Crippen LogP contribution in [-0.2, 0) is 17.6 Å². The number of carbonyl (C=O) groups excluding carboxylic acids is 2. The van der Waals surface area contributed by atoms with Crippen LogP contribution in [0.2, 0.25) is 0 Å². The van der Waals surface area contributed by atoms with Gasteiger partial charge in [0.05, 0.1) is 17.3 Å². The zero-order chi connectivity index (χ0) is 17.8. The minimum absolute atomic E-state index is 0.178. The molecule has 0 amide bonds. The second kappa shape index (κ2) is 7.30. The van der Waals surface area contributed by atoms with Crippen molar-refractivity contribution < 1.29 is 14.3 Å². The number of esters is 1. The number of aryl methyl sites for hydroxylation is 2. The molecule has 0 unspecified atom stereocenters. The molecule has 0 fully saturated rings. The van der Waals surface area contributed by atoms with Crippen LogP contribution in [0.1, 0.15) is 45.7 Å². The zero-order valence-corrected chi connectivity index (χ0v) is 14.3. The third-order valence-corrected chi connectivity index (χ3v) is 4.28. The van der Waals surface area contributed by atoms with Gasteiger partial charge in [0.25, 0.3) is 0 Å². The maximum Gasteiger partial charge on any atom is 0.338 e. The Morgan fingerprint density at radius 3 is 2.68 bits per heavy atom. The molecule has 0 aliphatic heterocycles. The van der Waals surface area contributed by atoms with Gasteiger partial charge in [0.15, 0.2) is 6.61 Å². The Morgan fingerprint density at radius 1 is 1.08 bits per heavy atom. The quantitative estimate of drug-likeness (QED) is 0.550. The molecule has 2 aromatic carbocycles. The van der Waals surface area contributed by atoms with E-state index in [9.17, 15) is 9.59 Å². The molecule has 5 heteroatoms. The smallest absolute Gasteiger partial charge is 0.338 e. The SMILES string of the molecule is CCc1ccc(CC)c(C(=O)COC(=O)c2ccc3cn[nH]c3c2)c1. The second-order valence-electron chi connectivity index (χ2n) is 5.87. The minimum Gasteiger partial charge on any atom is -0.454 e. The summed E-state index contributed by atoms with van der Waals surface area (Å²) in [5.41, 5.74) is 3.85. The Bertz CT molecular complexity index is 928. The summed E-state index contributed by atoms with van der Waals surface area (Å²) in [5, 5.41) is 7.64. The first kappa shape index (κ1) is 16.9. The van der Waals surface area contributed by atoms with E-state index in [0.29, 0.717) is 11.1 Å². The summed E-state index contributed by atoms with van der Waals surface area (Å²) in [5.74, 6) is -0.697. The number of fused-ring (bicyclic) bond motifs is 1. The van der Waals surface area contributed by atoms with Crippen LogP contribution in [0.4, 0.5) is 0 Å². The van der Waals surface area contributed by atoms with Crippen LogP contribution in [0.15, 0.2) is 42.6 Å². The number of rotatable bonds is 6. The highest BCUT2D eigenvalue weighted by Gasteiger charge is 2.15. The van der Waals surface area contributed by atoms with Crippen molar-refractivity contribution in [1.82, 2.24) is 10.2 Å². The molecule has 0 saturated heterocycles. The molecule has 3 aromatic rings. The van der Waals surface area contributed by atoms with E-state index >= 15 is 0 Å². The molecular weight excluding hydrogens is 316 g/mol. The Hall–Kier alpha value is -2.95. The molecule has 0 saturated carbocycles. The molecule has 5 nitrogen and oxygen atoms in total. The maximum absolute atomic E-state index is 12.5. The van der Waals surface area contributed by atoms with Crippen LogP contribution in [0, 0.1) is 0 Å². The molecule has 128 valence electrons. The third-order valence-electron chi connectivity index (χ3n) is 4.28. The average molecular weight is 336 g/mol. The first-order valence-corrected chi connectivity index (χ1v) is 8.37. The van der Waals surface area contributed by atoms with Crippen molar-refractivity contribution in [2.75, 3.05) is 6.61 Å². The van der Waals surface area contributed by atoms with Gasteiger partial charge in [-0.15, -0.1) is 0 Å². The van der Waals surface area contributed by atoms with Crippen molar-refractivity contribution >= 4 is 22.7 Å².